The summed E-state index contributed by atoms with van der Waals surface area (Å²) >= 11 is 7.39. The first kappa shape index (κ1) is 13.5. The minimum Gasteiger partial charge on any atom is -0.307 e. The number of hydrogen-bond donors (Lipinski definition) is 1. The van der Waals surface area contributed by atoms with Crippen LogP contribution in [-0.4, -0.2) is 9.38 Å². The minimum absolute atomic E-state index is 0.157. The molecule has 0 saturated carbocycles. The summed E-state index contributed by atoms with van der Waals surface area (Å²) in [6, 6.07) is 4.77. The van der Waals surface area contributed by atoms with Gasteiger partial charge in [-0.2, -0.15) is 0 Å². The molecule has 1 aromatic carbocycles. The number of nitrogens with zero attached hydrogens (tertiary/aromatic N) is 2. The van der Waals surface area contributed by atoms with Crippen LogP contribution in [0, 0.1) is 12.7 Å². The van der Waals surface area contributed by atoms with Gasteiger partial charge in [0.05, 0.1) is 16.4 Å². The number of hydrogen-bond acceptors (Lipinski definition) is 3. The fourth-order valence-corrected chi connectivity index (χ4v) is 3.11. The Morgan fingerprint density at radius 3 is 3.05 bits per heavy atom. The molecule has 0 aliphatic heterocycles. The van der Waals surface area contributed by atoms with Crippen molar-refractivity contribution < 1.29 is 4.39 Å². The molecular formula is C14H13ClFN3S. The maximum absolute atomic E-state index is 13.1. The van der Waals surface area contributed by atoms with E-state index in [4.69, 9.17) is 11.6 Å². The molecule has 20 heavy (non-hydrogen) atoms. The Morgan fingerprint density at radius 1 is 1.40 bits per heavy atom. The lowest BCUT2D eigenvalue weighted by atomic mass is 10.2. The third kappa shape index (κ3) is 2.57. The molecule has 1 N–H and O–H groups in total. The predicted octanol–water partition coefficient (Wildman–Crippen LogP) is 3.79. The van der Waals surface area contributed by atoms with E-state index in [0.717, 1.165) is 21.9 Å². The normalized spacial score (nSPS) is 11.3. The van der Waals surface area contributed by atoms with Crippen LogP contribution in [0.4, 0.5) is 4.39 Å². The Labute approximate surface area is 125 Å². The lowest BCUT2D eigenvalue weighted by Gasteiger charge is -2.06. The third-order valence-corrected chi connectivity index (χ3v) is 4.21. The zero-order valence-electron chi connectivity index (χ0n) is 10.9. The maximum Gasteiger partial charge on any atom is 0.194 e. The molecule has 2 aromatic heterocycles. The summed E-state index contributed by atoms with van der Waals surface area (Å²) in [7, 11) is 0. The highest BCUT2D eigenvalue weighted by Gasteiger charge is 2.09. The standard InChI is InChI=1S/C14H13ClFN3S/c1-9-13(19-4-5-20-14(19)18-9)8-17-7-10-2-3-12(16)11(15)6-10/h2-6,17H,7-8H2,1H3. The van der Waals surface area contributed by atoms with Crippen LogP contribution in [0.25, 0.3) is 4.96 Å². The molecule has 0 atom stereocenters. The monoisotopic (exact) mass is 309 g/mol. The van der Waals surface area contributed by atoms with E-state index in [-0.39, 0.29) is 10.8 Å². The van der Waals surface area contributed by atoms with Gasteiger partial charge in [-0.3, -0.25) is 4.40 Å². The molecule has 3 aromatic rings. The zero-order valence-corrected chi connectivity index (χ0v) is 12.4. The second kappa shape index (κ2) is 5.52. The highest BCUT2D eigenvalue weighted by molar-refractivity contribution is 7.15. The van der Waals surface area contributed by atoms with E-state index in [0.29, 0.717) is 13.1 Å². The van der Waals surface area contributed by atoms with Crippen molar-refractivity contribution in [3.63, 3.8) is 0 Å². The average Bonchev–Trinajstić information content (AvgIpc) is 2.96. The van der Waals surface area contributed by atoms with E-state index in [1.807, 2.05) is 18.5 Å². The van der Waals surface area contributed by atoms with Crippen LogP contribution >= 0.6 is 22.9 Å². The van der Waals surface area contributed by atoms with E-state index in [1.165, 1.54) is 6.07 Å². The number of aromatic nitrogens is 2. The summed E-state index contributed by atoms with van der Waals surface area (Å²) in [5.74, 6) is -0.387. The van der Waals surface area contributed by atoms with E-state index in [1.54, 1.807) is 23.5 Å². The third-order valence-electron chi connectivity index (χ3n) is 3.17. The molecule has 0 unspecified atom stereocenters. The van der Waals surface area contributed by atoms with Crippen LogP contribution in [-0.2, 0) is 13.1 Å². The van der Waals surface area contributed by atoms with E-state index in [2.05, 4.69) is 14.7 Å². The summed E-state index contributed by atoms with van der Waals surface area (Å²) < 4.78 is 15.2. The molecule has 0 aliphatic rings. The summed E-state index contributed by atoms with van der Waals surface area (Å²) in [5, 5.41) is 5.51. The molecule has 0 saturated heterocycles. The number of benzene rings is 1. The topological polar surface area (TPSA) is 29.3 Å². The fourth-order valence-electron chi connectivity index (χ4n) is 2.13. The van der Waals surface area contributed by atoms with Crippen molar-refractivity contribution in [3.05, 3.63) is 57.6 Å². The van der Waals surface area contributed by atoms with Gasteiger partial charge in [-0.1, -0.05) is 17.7 Å². The van der Waals surface area contributed by atoms with Gasteiger partial charge in [0.2, 0.25) is 0 Å². The summed E-state index contributed by atoms with van der Waals surface area (Å²) in [4.78, 5) is 5.50. The van der Waals surface area contributed by atoms with Gasteiger partial charge in [-0.25, -0.2) is 9.37 Å². The largest absolute Gasteiger partial charge is 0.307 e. The number of thiazole rings is 1. The van der Waals surface area contributed by atoms with Crippen LogP contribution < -0.4 is 5.32 Å². The molecular weight excluding hydrogens is 297 g/mol. The van der Waals surface area contributed by atoms with E-state index in [9.17, 15) is 4.39 Å². The number of nitrogens with one attached hydrogen (secondary N) is 1. The van der Waals surface area contributed by atoms with Crippen molar-refractivity contribution in [2.24, 2.45) is 0 Å². The minimum atomic E-state index is -0.387. The van der Waals surface area contributed by atoms with Crippen molar-refractivity contribution in [3.8, 4) is 0 Å². The van der Waals surface area contributed by atoms with Gasteiger partial charge in [0.1, 0.15) is 5.82 Å². The Morgan fingerprint density at radius 2 is 2.25 bits per heavy atom. The fraction of sp³-hybridized carbons (Fsp3) is 0.214. The molecule has 3 nitrogen and oxygen atoms in total. The van der Waals surface area contributed by atoms with Crippen LogP contribution in [0.2, 0.25) is 5.02 Å². The molecule has 2 heterocycles. The molecule has 6 heteroatoms. The molecule has 0 radical (unpaired) electrons. The second-order valence-corrected chi connectivity index (χ2v) is 5.83. The van der Waals surface area contributed by atoms with Gasteiger partial charge in [0.25, 0.3) is 0 Å². The quantitative estimate of drug-likeness (QED) is 0.794. The van der Waals surface area contributed by atoms with Crippen molar-refractivity contribution in [1.82, 2.24) is 14.7 Å². The number of aryl methyl sites for hydroxylation is 1. The maximum atomic E-state index is 13.1. The second-order valence-electron chi connectivity index (χ2n) is 4.55. The number of fused-ring (bicyclic) bond motifs is 1. The van der Waals surface area contributed by atoms with Gasteiger partial charge in [0.15, 0.2) is 4.96 Å². The lowest BCUT2D eigenvalue weighted by molar-refractivity contribution is 0.624. The molecule has 0 fully saturated rings. The average molecular weight is 310 g/mol. The first-order chi connectivity index (χ1) is 9.65. The SMILES string of the molecule is Cc1nc2sccn2c1CNCc1ccc(F)c(Cl)c1. The molecule has 0 bridgehead atoms. The van der Waals surface area contributed by atoms with Gasteiger partial charge in [-0.05, 0) is 24.6 Å². The first-order valence-electron chi connectivity index (χ1n) is 6.21. The first-order valence-corrected chi connectivity index (χ1v) is 7.46. The summed E-state index contributed by atoms with van der Waals surface area (Å²) in [5.41, 5.74) is 3.14. The summed E-state index contributed by atoms with van der Waals surface area (Å²) in [6.45, 7) is 3.35. The van der Waals surface area contributed by atoms with E-state index >= 15 is 0 Å². The van der Waals surface area contributed by atoms with Gasteiger partial charge < -0.3 is 5.32 Å². The highest BCUT2D eigenvalue weighted by Crippen LogP contribution is 2.18. The van der Waals surface area contributed by atoms with Crippen molar-refractivity contribution in [1.29, 1.82) is 0 Å². The highest BCUT2D eigenvalue weighted by atomic mass is 35.5. The number of rotatable bonds is 4. The Bertz CT molecular complexity index is 750. The van der Waals surface area contributed by atoms with Crippen LogP contribution in [0.1, 0.15) is 17.0 Å². The van der Waals surface area contributed by atoms with E-state index < -0.39 is 0 Å². The van der Waals surface area contributed by atoms with Crippen molar-refractivity contribution in [2.45, 2.75) is 20.0 Å². The Hall–Kier alpha value is -1.43. The number of halogens is 2. The lowest BCUT2D eigenvalue weighted by Crippen LogP contribution is -2.14. The zero-order chi connectivity index (χ0) is 14.1. The summed E-state index contributed by atoms with van der Waals surface area (Å²) in [6.07, 6.45) is 2.02. The Kier molecular flexibility index (Phi) is 3.74. The van der Waals surface area contributed by atoms with Gasteiger partial charge in [0, 0.05) is 24.7 Å². The molecule has 0 spiro atoms. The van der Waals surface area contributed by atoms with Crippen LogP contribution in [0.15, 0.2) is 29.8 Å². The molecule has 0 aliphatic carbocycles. The smallest absolute Gasteiger partial charge is 0.194 e. The number of imidazole rings is 1. The van der Waals surface area contributed by atoms with Crippen molar-refractivity contribution in [2.75, 3.05) is 0 Å². The van der Waals surface area contributed by atoms with Crippen molar-refractivity contribution >= 4 is 27.9 Å². The molecule has 0 amide bonds. The van der Waals surface area contributed by atoms with Crippen LogP contribution in [0.5, 0.6) is 0 Å². The Balaban J connectivity index is 1.69. The van der Waals surface area contributed by atoms with Gasteiger partial charge in [-0.15, -0.1) is 11.3 Å². The predicted molar refractivity (Wildman–Crippen MR) is 79.8 cm³/mol. The molecule has 104 valence electrons. The molecule has 3 rings (SSSR count). The van der Waals surface area contributed by atoms with Crippen LogP contribution in [0.3, 0.4) is 0 Å². The van der Waals surface area contributed by atoms with Gasteiger partial charge >= 0.3 is 0 Å².